The molecule has 0 aliphatic rings. The van der Waals surface area contributed by atoms with Gasteiger partial charge in [-0.1, -0.05) is 25.1 Å². The molecule has 4 nitrogen and oxygen atoms in total. The minimum Gasteiger partial charge on any atom is -0.493 e. The summed E-state index contributed by atoms with van der Waals surface area (Å²) in [6, 6.07) is 7.64. The van der Waals surface area contributed by atoms with Gasteiger partial charge in [0.2, 0.25) is 0 Å². The van der Waals surface area contributed by atoms with Crippen LogP contribution in [-0.4, -0.2) is 38.5 Å². The van der Waals surface area contributed by atoms with Crippen LogP contribution in [0.15, 0.2) is 24.3 Å². The SMILES string of the molecule is CCCOc1ccccc1C(C)(O)CNCCOC. The van der Waals surface area contributed by atoms with E-state index in [2.05, 4.69) is 12.2 Å². The standard InChI is InChI=1S/C15H25NO3/c1-4-10-19-14-8-6-5-7-13(14)15(2,17)12-16-9-11-18-3/h5-8,16-17H,4,9-12H2,1-3H3. The molecule has 1 rings (SSSR count). The zero-order valence-corrected chi connectivity index (χ0v) is 12.1. The fraction of sp³-hybridized carbons (Fsp3) is 0.600. The fourth-order valence-corrected chi connectivity index (χ4v) is 1.85. The normalized spacial score (nSPS) is 14.1. The van der Waals surface area contributed by atoms with Crippen LogP contribution in [0.25, 0.3) is 0 Å². The van der Waals surface area contributed by atoms with Crippen LogP contribution in [0.3, 0.4) is 0 Å². The van der Waals surface area contributed by atoms with E-state index in [1.807, 2.05) is 24.3 Å². The molecule has 0 saturated carbocycles. The van der Waals surface area contributed by atoms with Gasteiger partial charge in [0, 0.05) is 25.8 Å². The number of benzene rings is 1. The van der Waals surface area contributed by atoms with Gasteiger partial charge in [0.05, 0.1) is 13.2 Å². The van der Waals surface area contributed by atoms with Crippen LogP contribution < -0.4 is 10.1 Å². The van der Waals surface area contributed by atoms with Gasteiger partial charge < -0.3 is 19.9 Å². The van der Waals surface area contributed by atoms with E-state index in [0.29, 0.717) is 26.3 Å². The first kappa shape index (κ1) is 16.0. The Morgan fingerprint density at radius 2 is 2.00 bits per heavy atom. The van der Waals surface area contributed by atoms with Crippen molar-refractivity contribution in [2.24, 2.45) is 0 Å². The number of rotatable bonds is 9. The molecule has 0 radical (unpaired) electrons. The van der Waals surface area contributed by atoms with Crippen molar-refractivity contribution in [3.63, 3.8) is 0 Å². The molecular weight excluding hydrogens is 242 g/mol. The lowest BCUT2D eigenvalue weighted by Crippen LogP contribution is -2.37. The van der Waals surface area contributed by atoms with Crippen LogP contribution in [0.5, 0.6) is 5.75 Å². The van der Waals surface area contributed by atoms with Crippen LogP contribution in [-0.2, 0) is 10.3 Å². The maximum atomic E-state index is 10.6. The van der Waals surface area contributed by atoms with Crippen LogP contribution in [0.1, 0.15) is 25.8 Å². The minimum atomic E-state index is -0.960. The number of nitrogens with one attached hydrogen (secondary N) is 1. The highest BCUT2D eigenvalue weighted by Crippen LogP contribution is 2.29. The molecule has 0 saturated heterocycles. The van der Waals surface area contributed by atoms with Gasteiger partial charge in [-0.25, -0.2) is 0 Å². The highest BCUT2D eigenvalue weighted by Gasteiger charge is 2.26. The predicted molar refractivity (Wildman–Crippen MR) is 76.5 cm³/mol. The van der Waals surface area contributed by atoms with Crippen molar-refractivity contribution in [2.75, 3.05) is 33.4 Å². The molecule has 1 unspecified atom stereocenters. The van der Waals surface area contributed by atoms with Gasteiger partial charge in [-0.3, -0.25) is 0 Å². The van der Waals surface area contributed by atoms with E-state index < -0.39 is 5.60 Å². The Morgan fingerprint density at radius 1 is 1.26 bits per heavy atom. The quantitative estimate of drug-likeness (QED) is 0.671. The molecule has 0 aromatic heterocycles. The average Bonchev–Trinajstić information content (AvgIpc) is 2.41. The molecule has 108 valence electrons. The molecule has 1 aromatic rings. The third-order valence-corrected chi connectivity index (χ3v) is 2.88. The van der Waals surface area contributed by atoms with Crippen molar-refractivity contribution < 1.29 is 14.6 Å². The Kier molecular flexibility index (Phi) is 6.84. The summed E-state index contributed by atoms with van der Waals surface area (Å²) in [5.74, 6) is 0.753. The van der Waals surface area contributed by atoms with Crippen molar-refractivity contribution in [3.8, 4) is 5.75 Å². The maximum Gasteiger partial charge on any atom is 0.125 e. The van der Waals surface area contributed by atoms with E-state index in [-0.39, 0.29) is 0 Å². The monoisotopic (exact) mass is 267 g/mol. The summed E-state index contributed by atoms with van der Waals surface area (Å²) in [5, 5.41) is 13.8. The molecule has 19 heavy (non-hydrogen) atoms. The minimum absolute atomic E-state index is 0.461. The summed E-state index contributed by atoms with van der Waals surface area (Å²) in [5.41, 5.74) is -0.147. The Labute approximate surface area is 115 Å². The smallest absolute Gasteiger partial charge is 0.125 e. The maximum absolute atomic E-state index is 10.6. The van der Waals surface area contributed by atoms with E-state index in [1.54, 1.807) is 14.0 Å². The van der Waals surface area contributed by atoms with E-state index in [9.17, 15) is 5.11 Å². The van der Waals surface area contributed by atoms with Crippen LogP contribution in [0, 0.1) is 0 Å². The second-order valence-corrected chi connectivity index (χ2v) is 4.79. The van der Waals surface area contributed by atoms with E-state index in [1.165, 1.54) is 0 Å². The van der Waals surface area contributed by atoms with E-state index in [0.717, 1.165) is 17.7 Å². The molecule has 0 heterocycles. The molecule has 0 aliphatic carbocycles. The van der Waals surface area contributed by atoms with Crippen LogP contribution in [0.4, 0.5) is 0 Å². The average molecular weight is 267 g/mol. The molecule has 1 atom stereocenters. The summed E-state index contributed by atoms with van der Waals surface area (Å²) in [6.45, 7) is 6.32. The van der Waals surface area contributed by atoms with Crippen molar-refractivity contribution in [1.82, 2.24) is 5.32 Å². The molecule has 0 fully saturated rings. The highest BCUT2D eigenvalue weighted by atomic mass is 16.5. The third kappa shape index (κ3) is 5.19. The lowest BCUT2D eigenvalue weighted by Gasteiger charge is -2.26. The number of para-hydroxylation sites is 1. The number of hydrogen-bond acceptors (Lipinski definition) is 4. The molecule has 4 heteroatoms. The lowest BCUT2D eigenvalue weighted by atomic mass is 9.95. The summed E-state index contributed by atoms with van der Waals surface area (Å²) in [6.07, 6.45) is 0.947. The zero-order chi connectivity index (χ0) is 14.1. The van der Waals surface area contributed by atoms with Crippen molar-refractivity contribution >= 4 is 0 Å². The molecular formula is C15H25NO3. The van der Waals surface area contributed by atoms with Gasteiger partial charge in [0.25, 0.3) is 0 Å². The van der Waals surface area contributed by atoms with Gasteiger partial charge >= 0.3 is 0 Å². The summed E-state index contributed by atoms with van der Waals surface area (Å²) in [4.78, 5) is 0. The van der Waals surface area contributed by atoms with Gasteiger partial charge in [0.1, 0.15) is 11.4 Å². The lowest BCUT2D eigenvalue weighted by molar-refractivity contribution is 0.0517. The largest absolute Gasteiger partial charge is 0.493 e. The molecule has 0 bridgehead atoms. The Hall–Kier alpha value is -1.10. The second kappa shape index (κ2) is 8.15. The van der Waals surface area contributed by atoms with Crippen molar-refractivity contribution in [2.45, 2.75) is 25.9 Å². The number of hydrogen-bond donors (Lipinski definition) is 2. The predicted octanol–water partition coefficient (Wildman–Crippen LogP) is 1.92. The van der Waals surface area contributed by atoms with Gasteiger partial charge in [-0.05, 0) is 19.4 Å². The summed E-state index contributed by atoms with van der Waals surface area (Å²) < 4.78 is 10.7. The Balaban J connectivity index is 2.69. The van der Waals surface area contributed by atoms with Gasteiger partial charge in [-0.15, -0.1) is 0 Å². The van der Waals surface area contributed by atoms with Crippen molar-refractivity contribution in [1.29, 1.82) is 0 Å². The Morgan fingerprint density at radius 3 is 2.68 bits per heavy atom. The summed E-state index contributed by atoms with van der Waals surface area (Å²) in [7, 11) is 1.66. The molecule has 0 spiro atoms. The van der Waals surface area contributed by atoms with Gasteiger partial charge in [-0.2, -0.15) is 0 Å². The molecule has 0 aliphatic heterocycles. The number of methoxy groups -OCH3 is 1. The number of aliphatic hydroxyl groups is 1. The first-order valence-electron chi connectivity index (χ1n) is 6.76. The van der Waals surface area contributed by atoms with Crippen LogP contribution >= 0.6 is 0 Å². The molecule has 0 amide bonds. The summed E-state index contributed by atoms with van der Waals surface area (Å²) >= 11 is 0. The first-order valence-corrected chi connectivity index (χ1v) is 6.76. The van der Waals surface area contributed by atoms with Crippen LogP contribution in [0.2, 0.25) is 0 Å². The fourth-order valence-electron chi connectivity index (χ4n) is 1.85. The second-order valence-electron chi connectivity index (χ2n) is 4.79. The number of ether oxygens (including phenoxy) is 2. The first-order chi connectivity index (χ1) is 9.11. The zero-order valence-electron chi connectivity index (χ0n) is 12.1. The topological polar surface area (TPSA) is 50.7 Å². The molecule has 2 N–H and O–H groups in total. The van der Waals surface area contributed by atoms with Crippen molar-refractivity contribution in [3.05, 3.63) is 29.8 Å². The van der Waals surface area contributed by atoms with E-state index >= 15 is 0 Å². The highest BCUT2D eigenvalue weighted by molar-refractivity contribution is 5.37. The third-order valence-electron chi connectivity index (χ3n) is 2.88. The molecule has 1 aromatic carbocycles. The van der Waals surface area contributed by atoms with E-state index in [4.69, 9.17) is 9.47 Å². The Bertz CT molecular complexity index is 366. The van der Waals surface area contributed by atoms with Gasteiger partial charge in [0.15, 0.2) is 0 Å².